The molecule has 0 saturated carbocycles. The predicted molar refractivity (Wildman–Crippen MR) is 85.9 cm³/mol. The monoisotopic (exact) mass is 282 g/mol. The summed E-state index contributed by atoms with van der Waals surface area (Å²) in [5, 5.41) is 7.00. The summed E-state index contributed by atoms with van der Waals surface area (Å²) in [7, 11) is 0. The third-order valence-corrected chi connectivity index (χ3v) is 4.56. The minimum Gasteiger partial charge on any atom is -0.308 e. The van der Waals surface area contributed by atoms with Gasteiger partial charge in [0.1, 0.15) is 5.01 Å². The molecule has 0 saturated heterocycles. The molecule has 1 rings (SSSR count). The highest BCUT2D eigenvalue weighted by atomic mass is 32.1. The summed E-state index contributed by atoms with van der Waals surface area (Å²) >= 11 is 1.80. The van der Waals surface area contributed by atoms with Crippen LogP contribution in [-0.4, -0.2) is 11.5 Å². The van der Waals surface area contributed by atoms with Crippen LogP contribution >= 0.6 is 11.3 Å². The van der Waals surface area contributed by atoms with Gasteiger partial charge in [0.2, 0.25) is 0 Å². The van der Waals surface area contributed by atoms with Gasteiger partial charge in [0.25, 0.3) is 0 Å². The highest BCUT2D eigenvalue weighted by Gasteiger charge is 2.13. The van der Waals surface area contributed by atoms with Crippen LogP contribution in [-0.2, 0) is 0 Å². The van der Waals surface area contributed by atoms with Gasteiger partial charge in [0.05, 0.1) is 6.04 Å². The van der Waals surface area contributed by atoms with Crippen LogP contribution in [0.4, 0.5) is 0 Å². The van der Waals surface area contributed by atoms with E-state index in [2.05, 4.69) is 36.5 Å². The maximum Gasteiger partial charge on any atom is 0.110 e. The Morgan fingerprint density at radius 2 is 1.79 bits per heavy atom. The molecule has 0 aliphatic heterocycles. The molecule has 0 bridgehead atoms. The van der Waals surface area contributed by atoms with Crippen LogP contribution in [0.25, 0.3) is 0 Å². The van der Waals surface area contributed by atoms with Crippen molar-refractivity contribution >= 4 is 11.3 Å². The molecule has 1 N–H and O–H groups in total. The zero-order valence-corrected chi connectivity index (χ0v) is 13.7. The highest BCUT2D eigenvalue weighted by Crippen LogP contribution is 2.23. The van der Waals surface area contributed by atoms with Gasteiger partial charge in [-0.15, -0.1) is 11.3 Å². The molecular weight excluding hydrogens is 252 g/mol. The van der Waals surface area contributed by atoms with E-state index in [0.717, 1.165) is 12.2 Å². The standard InChI is InChI=1S/C16H30N2S/c1-4-6-7-8-9-10-11-12-15(17-5-2)16-18-14(3)13-19-16/h13,15,17H,4-12H2,1-3H3. The van der Waals surface area contributed by atoms with E-state index in [-0.39, 0.29) is 0 Å². The lowest BCUT2D eigenvalue weighted by Crippen LogP contribution is -2.20. The van der Waals surface area contributed by atoms with Gasteiger partial charge in [0, 0.05) is 11.1 Å². The van der Waals surface area contributed by atoms with E-state index < -0.39 is 0 Å². The van der Waals surface area contributed by atoms with Crippen LogP contribution in [0.1, 0.15) is 82.0 Å². The number of hydrogen-bond acceptors (Lipinski definition) is 3. The number of hydrogen-bond donors (Lipinski definition) is 1. The summed E-state index contributed by atoms with van der Waals surface area (Å²) in [5.74, 6) is 0. The van der Waals surface area contributed by atoms with Gasteiger partial charge < -0.3 is 5.32 Å². The van der Waals surface area contributed by atoms with Crippen molar-refractivity contribution in [2.45, 2.75) is 78.2 Å². The summed E-state index contributed by atoms with van der Waals surface area (Å²) in [6.07, 6.45) is 10.9. The second kappa shape index (κ2) is 10.4. The Morgan fingerprint density at radius 1 is 1.11 bits per heavy atom. The quantitative estimate of drug-likeness (QED) is 0.561. The SMILES string of the molecule is CCCCCCCCCC(NCC)c1nc(C)cs1. The first-order valence-electron chi connectivity index (χ1n) is 7.93. The number of aryl methyl sites for hydroxylation is 1. The van der Waals surface area contributed by atoms with Gasteiger partial charge in [-0.2, -0.15) is 0 Å². The molecule has 0 aliphatic carbocycles. The second-order valence-corrected chi connectivity index (χ2v) is 6.24. The number of nitrogens with one attached hydrogen (secondary N) is 1. The molecule has 1 heterocycles. The fraction of sp³-hybridized carbons (Fsp3) is 0.812. The number of rotatable bonds is 11. The van der Waals surface area contributed by atoms with E-state index >= 15 is 0 Å². The first-order chi connectivity index (χ1) is 9.27. The van der Waals surface area contributed by atoms with Crippen molar-refractivity contribution in [2.24, 2.45) is 0 Å². The fourth-order valence-electron chi connectivity index (χ4n) is 2.40. The molecule has 3 heteroatoms. The molecule has 110 valence electrons. The maximum atomic E-state index is 4.63. The van der Waals surface area contributed by atoms with Gasteiger partial charge in [-0.25, -0.2) is 4.98 Å². The number of nitrogens with zero attached hydrogens (tertiary/aromatic N) is 1. The third-order valence-electron chi connectivity index (χ3n) is 3.48. The van der Waals surface area contributed by atoms with Gasteiger partial charge in [0.15, 0.2) is 0 Å². The lowest BCUT2D eigenvalue weighted by Gasteiger charge is -2.15. The third kappa shape index (κ3) is 7.07. The van der Waals surface area contributed by atoms with Crippen LogP contribution in [0.15, 0.2) is 5.38 Å². The van der Waals surface area contributed by atoms with E-state index in [0.29, 0.717) is 6.04 Å². The molecule has 0 radical (unpaired) electrons. The molecular formula is C16H30N2S. The van der Waals surface area contributed by atoms with Crippen LogP contribution in [0, 0.1) is 6.92 Å². The number of aromatic nitrogens is 1. The molecule has 19 heavy (non-hydrogen) atoms. The molecule has 1 atom stereocenters. The summed E-state index contributed by atoms with van der Waals surface area (Å²) in [4.78, 5) is 4.63. The zero-order valence-electron chi connectivity index (χ0n) is 12.9. The van der Waals surface area contributed by atoms with Crippen LogP contribution in [0.3, 0.4) is 0 Å². The normalized spacial score (nSPS) is 12.8. The molecule has 2 nitrogen and oxygen atoms in total. The van der Waals surface area contributed by atoms with E-state index in [1.807, 2.05) is 0 Å². The first kappa shape index (κ1) is 16.6. The number of thiazole rings is 1. The van der Waals surface area contributed by atoms with Crippen molar-refractivity contribution in [3.05, 3.63) is 16.1 Å². The van der Waals surface area contributed by atoms with Crippen molar-refractivity contribution in [2.75, 3.05) is 6.54 Å². The van der Waals surface area contributed by atoms with E-state index in [1.165, 1.54) is 56.4 Å². The average molecular weight is 282 g/mol. The van der Waals surface area contributed by atoms with E-state index in [1.54, 1.807) is 11.3 Å². The Labute approximate surface area is 123 Å². The molecule has 1 aromatic rings. The molecule has 0 amide bonds. The van der Waals surface area contributed by atoms with Crippen molar-refractivity contribution in [1.29, 1.82) is 0 Å². The average Bonchev–Trinajstić information content (AvgIpc) is 2.83. The Balaban J connectivity index is 2.19. The molecule has 1 aromatic heterocycles. The Morgan fingerprint density at radius 3 is 2.37 bits per heavy atom. The van der Waals surface area contributed by atoms with E-state index in [9.17, 15) is 0 Å². The topological polar surface area (TPSA) is 24.9 Å². The van der Waals surface area contributed by atoms with Crippen LogP contribution < -0.4 is 5.32 Å². The summed E-state index contributed by atoms with van der Waals surface area (Å²) in [6.45, 7) is 7.56. The Bertz CT molecular complexity index is 322. The van der Waals surface area contributed by atoms with Crippen molar-refractivity contribution in [3.63, 3.8) is 0 Å². The van der Waals surface area contributed by atoms with E-state index in [4.69, 9.17) is 0 Å². The Kier molecular flexibility index (Phi) is 9.10. The van der Waals surface area contributed by atoms with Crippen molar-refractivity contribution in [3.8, 4) is 0 Å². The highest BCUT2D eigenvalue weighted by molar-refractivity contribution is 7.09. The van der Waals surface area contributed by atoms with Gasteiger partial charge in [-0.1, -0.05) is 58.8 Å². The van der Waals surface area contributed by atoms with Crippen molar-refractivity contribution in [1.82, 2.24) is 10.3 Å². The van der Waals surface area contributed by atoms with Gasteiger partial charge in [-0.05, 0) is 19.9 Å². The molecule has 1 unspecified atom stereocenters. The number of unbranched alkanes of at least 4 members (excludes halogenated alkanes) is 6. The van der Waals surface area contributed by atoms with Crippen LogP contribution in [0.5, 0.6) is 0 Å². The molecule has 0 fully saturated rings. The summed E-state index contributed by atoms with van der Waals surface area (Å²) < 4.78 is 0. The minimum absolute atomic E-state index is 0.472. The second-order valence-electron chi connectivity index (χ2n) is 5.35. The lowest BCUT2D eigenvalue weighted by atomic mass is 10.1. The summed E-state index contributed by atoms with van der Waals surface area (Å²) in [6, 6.07) is 0.472. The minimum atomic E-state index is 0.472. The summed E-state index contributed by atoms with van der Waals surface area (Å²) in [5.41, 5.74) is 1.16. The largest absolute Gasteiger partial charge is 0.308 e. The molecule has 0 aromatic carbocycles. The fourth-order valence-corrected chi connectivity index (χ4v) is 3.30. The Hall–Kier alpha value is -0.410. The maximum absolute atomic E-state index is 4.63. The molecule has 0 aliphatic rings. The zero-order chi connectivity index (χ0) is 13.9. The van der Waals surface area contributed by atoms with Crippen molar-refractivity contribution < 1.29 is 0 Å². The van der Waals surface area contributed by atoms with Crippen LogP contribution in [0.2, 0.25) is 0 Å². The molecule has 0 spiro atoms. The lowest BCUT2D eigenvalue weighted by molar-refractivity contribution is 0.474. The predicted octanol–water partition coefficient (Wildman–Crippen LogP) is 5.24. The van der Waals surface area contributed by atoms with Gasteiger partial charge in [-0.3, -0.25) is 0 Å². The smallest absolute Gasteiger partial charge is 0.110 e. The first-order valence-corrected chi connectivity index (χ1v) is 8.81. The van der Waals surface area contributed by atoms with Gasteiger partial charge >= 0.3 is 0 Å².